The van der Waals surface area contributed by atoms with Crippen molar-refractivity contribution in [3.8, 4) is 17.7 Å². The Bertz CT molecular complexity index is 1720. The first-order valence-corrected chi connectivity index (χ1v) is 13.2. The number of imidazole rings is 1. The first-order chi connectivity index (χ1) is 17.5. The van der Waals surface area contributed by atoms with Crippen molar-refractivity contribution < 1.29 is 17.9 Å². The van der Waals surface area contributed by atoms with Crippen LogP contribution in [-0.4, -0.2) is 32.0 Å². The Balaban J connectivity index is 1.58. The molecule has 1 aliphatic carbocycles. The molecule has 0 radical (unpaired) electrons. The summed E-state index contributed by atoms with van der Waals surface area (Å²) in [6.07, 6.45) is 6.25. The molecule has 5 aromatic rings. The number of nitriles is 1. The van der Waals surface area contributed by atoms with Gasteiger partial charge in [0.05, 0.1) is 22.7 Å². The highest BCUT2D eigenvalue weighted by Crippen LogP contribution is 2.40. The molecule has 0 aliphatic heterocycles. The SMILES string of the molecule is N#C[C@H]1CC[C@H](n2c(-c3ccc(CO)o3)nc3cnc4c(ccn4S(=O)(=O)c4ccccc4)c32)CC1. The van der Waals surface area contributed by atoms with E-state index in [2.05, 4.69) is 15.6 Å². The largest absolute Gasteiger partial charge is 0.455 e. The highest BCUT2D eigenvalue weighted by Gasteiger charge is 2.29. The van der Waals surface area contributed by atoms with Gasteiger partial charge in [0.25, 0.3) is 10.0 Å². The molecule has 182 valence electrons. The zero-order valence-corrected chi connectivity index (χ0v) is 20.1. The van der Waals surface area contributed by atoms with E-state index in [1.807, 2.05) is 0 Å². The molecule has 1 saturated carbocycles. The van der Waals surface area contributed by atoms with E-state index in [1.165, 1.54) is 10.2 Å². The third-order valence-corrected chi connectivity index (χ3v) is 8.59. The minimum atomic E-state index is -3.84. The van der Waals surface area contributed by atoms with Gasteiger partial charge in [0.15, 0.2) is 17.2 Å². The predicted octanol–water partition coefficient (Wildman–Crippen LogP) is 4.63. The summed E-state index contributed by atoms with van der Waals surface area (Å²) in [6.45, 7) is -0.223. The third kappa shape index (κ3) is 3.51. The van der Waals surface area contributed by atoms with Gasteiger partial charge in [0, 0.05) is 23.5 Å². The van der Waals surface area contributed by atoms with Crippen molar-refractivity contribution >= 4 is 32.1 Å². The Morgan fingerprint density at radius 1 is 1.08 bits per heavy atom. The lowest BCUT2D eigenvalue weighted by molar-refractivity contribution is 0.248. The number of aliphatic hydroxyl groups is 1. The molecule has 1 aromatic carbocycles. The summed E-state index contributed by atoms with van der Waals surface area (Å²) in [5.41, 5.74) is 1.72. The second kappa shape index (κ2) is 8.62. The fourth-order valence-electron chi connectivity index (χ4n) is 5.12. The van der Waals surface area contributed by atoms with E-state index in [0.717, 1.165) is 31.2 Å². The van der Waals surface area contributed by atoms with Crippen molar-refractivity contribution in [1.82, 2.24) is 18.5 Å². The van der Waals surface area contributed by atoms with Crippen LogP contribution in [0.1, 0.15) is 37.5 Å². The fourth-order valence-corrected chi connectivity index (χ4v) is 6.45. The van der Waals surface area contributed by atoms with Crippen molar-refractivity contribution in [3.05, 3.63) is 66.7 Å². The number of aliphatic hydroxyl groups excluding tert-OH is 1. The van der Waals surface area contributed by atoms with Crippen molar-refractivity contribution in [2.45, 2.75) is 43.2 Å². The van der Waals surface area contributed by atoms with Crippen molar-refractivity contribution in [3.63, 3.8) is 0 Å². The molecule has 4 heterocycles. The van der Waals surface area contributed by atoms with Crippen molar-refractivity contribution in [1.29, 1.82) is 5.26 Å². The number of pyridine rings is 1. The van der Waals surface area contributed by atoms with Gasteiger partial charge in [-0.25, -0.2) is 22.4 Å². The summed E-state index contributed by atoms with van der Waals surface area (Å²) in [5.74, 6) is 1.57. The predicted molar refractivity (Wildman–Crippen MR) is 132 cm³/mol. The van der Waals surface area contributed by atoms with E-state index in [0.29, 0.717) is 33.9 Å². The van der Waals surface area contributed by atoms with Gasteiger partial charge in [-0.05, 0) is 56.0 Å². The minimum Gasteiger partial charge on any atom is -0.455 e. The summed E-state index contributed by atoms with van der Waals surface area (Å²) in [4.78, 5) is 9.50. The van der Waals surface area contributed by atoms with Crippen LogP contribution in [0.25, 0.3) is 33.7 Å². The van der Waals surface area contributed by atoms with Crippen LogP contribution in [0.15, 0.2) is 70.2 Å². The number of hydrogen-bond acceptors (Lipinski definition) is 7. The van der Waals surface area contributed by atoms with Gasteiger partial charge in [-0.3, -0.25) is 0 Å². The molecule has 0 atom stereocenters. The van der Waals surface area contributed by atoms with E-state index >= 15 is 0 Å². The van der Waals surface area contributed by atoms with Gasteiger partial charge in [-0.1, -0.05) is 18.2 Å². The van der Waals surface area contributed by atoms with E-state index in [-0.39, 0.29) is 23.5 Å². The van der Waals surface area contributed by atoms with Crippen LogP contribution in [0.4, 0.5) is 0 Å². The molecule has 0 saturated heterocycles. The summed E-state index contributed by atoms with van der Waals surface area (Å²) in [5, 5.41) is 19.6. The van der Waals surface area contributed by atoms with E-state index in [1.54, 1.807) is 54.7 Å². The van der Waals surface area contributed by atoms with E-state index in [4.69, 9.17) is 9.40 Å². The Labute approximate surface area is 207 Å². The monoisotopic (exact) mass is 501 g/mol. The number of hydrogen-bond donors (Lipinski definition) is 1. The molecule has 4 aromatic heterocycles. The summed E-state index contributed by atoms with van der Waals surface area (Å²) < 4.78 is 35.9. The molecular weight excluding hydrogens is 478 g/mol. The molecule has 10 heteroatoms. The topological polar surface area (TPSA) is 127 Å². The standard InChI is InChI=1S/C26H23N5O4S/c27-14-17-6-8-18(9-7-17)31-24-21-12-13-30(36(33,34)20-4-2-1-3-5-20)25(21)28-15-22(24)29-26(31)23-11-10-19(16-32)35-23/h1-5,10-13,15,17-18,32H,6-9,16H2/t17-,18-. The molecule has 36 heavy (non-hydrogen) atoms. The summed E-state index contributed by atoms with van der Waals surface area (Å²) in [7, 11) is -3.84. The van der Waals surface area contributed by atoms with Gasteiger partial charge >= 0.3 is 0 Å². The van der Waals surface area contributed by atoms with Gasteiger partial charge in [-0.2, -0.15) is 5.26 Å². The number of aromatic nitrogens is 4. The normalized spacial score (nSPS) is 18.6. The Morgan fingerprint density at radius 3 is 2.56 bits per heavy atom. The first-order valence-electron chi connectivity index (χ1n) is 11.8. The second-order valence-electron chi connectivity index (χ2n) is 9.02. The van der Waals surface area contributed by atoms with Crippen LogP contribution in [0, 0.1) is 17.2 Å². The molecule has 9 nitrogen and oxygen atoms in total. The molecule has 0 bridgehead atoms. The molecule has 6 rings (SSSR count). The Morgan fingerprint density at radius 2 is 1.86 bits per heavy atom. The third-order valence-electron chi connectivity index (χ3n) is 6.91. The maximum atomic E-state index is 13.4. The molecule has 1 N–H and O–H groups in total. The lowest BCUT2D eigenvalue weighted by atomic mass is 9.86. The summed E-state index contributed by atoms with van der Waals surface area (Å²) in [6, 6.07) is 15.9. The van der Waals surface area contributed by atoms with Gasteiger partial charge in [0.1, 0.15) is 17.9 Å². The van der Waals surface area contributed by atoms with Crippen LogP contribution in [0.2, 0.25) is 0 Å². The van der Waals surface area contributed by atoms with Crippen LogP contribution >= 0.6 is 0 Å². The van der Waals surface area contributed by atoms with Crippen LogP contribution in [-0.2, 0) is 16.6 Å². The van der Waals surface area contributed by atoms with Gasteiger partial charge < -0.3 is 14.1 Å². The zero-order valence-electron chi connectivity index (χ0n) is 19.3. The fraction of sp³-hybridized carbons (Fsp3) is 0.269. The molecule has 0 unspecified atom stereocenters. The molecule has 0 spiro atoms. The van der Waals surface area contributed by atoms with Crippen LogP contribution in [0.3, 0.4) is 0 Å². The zero-order chi connectivity index (χ0) is 24.9. The number of furan rings is 1. The average molecular weight is 502 g/mol. The molecule has 0 amide bonds. The maximum absolute atomic E-state index is 13.4. The molecule has 1 aliphatic rings. The van der Waals surface area contributed by atoms with Crippen LogP contribution < -0.4 is 0 Å². The number of nitrogens with zero attached hydrogens (tertiary/aromatic N) is 5. The molecular formula is C26H23N5O4S. The number of fused-ring (bicyclic) bond motifs is 3. The van der Waals surface area contributed by atoms with Crippen LogP contribution in [0.5, 0.6) is 0 Å². The van der Waals surface area contributed by atoms with Gasteiger partial charge in [-0.15, -0.1) is 0 Å². The number of benzene rings is 1. The smallest absolute Gasteiger partial charge is 0.269 e. The van der Waals surface area contributed by atoms with Crippen molar-refractivity contribution in [2.75, 3.05) is 0 Å². The lowest BCUT2D eigenvalue weighted by Crippen LogP contribution is -2.18. The average Bonchev–Trinajstić information content (AvgIpc) is 3.65. The first kappa shape index (κ1) is 22.5. The molecule has 1 fully saturated rings. The van der Waals surface area contributed by atoms with Gasteiger partial charge in [0.2, 0.25) is 0 Å². The quantitative estimate of drug-likeness (QED) is 0.372. The Hall–Kier alpha value is -3.94. The number of rotatable bonds is 5. The highest BCUT2D eigenvalue weighted by molar-refractivity contribution is 7.90. The summed E-state index contributed by atoms with van der Waals surface area (Å²) >= 11 is 0. The Kier molecular flexibility index (Phi) is 5.39. The van der Waals surface area contributed by atoms with Crippen molar-refractivity contribution in [2.24, 2.45) is 5.92 Å². The second-order valence-corrected chi connectivity index (χ2v) is 10.8. The highest BCUT2D eigenvalue weighted by atomic mass is 32.2. The van der Waals surface area contributed by atoms with E-state index < -0.39 is 10.0 Å². The maximum Gasteiger partial charge on any atom is 0.269 e. The lowest BCUT2D eigenvalue weighted by Gasteiger charge is -2.27. The minimum absolute atomic E-state index is 0.0304. The van der Waals surface area contributed by atoms with E-state index in [9.17, 15) is 18.8 Å².